The van der Waals surface area contributed by atoms with Gasteiger partial charge in [0.1, 0.15) is 23.3 Å². The number of nitrogens with zero attached hydrogens (tertiary/aromatic N) is 1. The smallest absolute Gasteiger partial charge is 0.238 e. The molecule has 0 bridgehead atoms. The third-order valence-corrected chi connectivity index (χ3v) is 2.46. The number of aldehydes is 1. The van der Waals surface area contributed by atoms with Gasteiger partial charge in [0, 0.05) is 0 Å². The van der Waals surface area contributed by atoms with E-state index in [1.807, 2.05) is 0 Å². The van der Waals surface area contributed by atoms with Crippen LogP contribution in [0.1, 0.15) is 10.5 Å². The quantitative estimate of drug-likeness (QED) is 0.821. The van der Waals surface area contributed by atoms with E-state index in [1.165, 1.54) is 12.3 Å². The number of hydrogen-bond acceptors (Lipinski definition) is 3. The van der Waals surface area contributed by atoms with Crippen molar-refractivity contribution in [1.82, 2.24) is 10.2 Å². The van der Waals surface area contributed by atoms with Crippen LogP contribution in [0, 0.1) is 5.92 Å². The highest BCUT2D eigenvalue weighted by Gasteiger charge is 2.23. The molecule has 19 heavy (non-hydrogen) atoms. The maximum atomic E-state index is 13.6. The summed E-state index contributed by atoms with van der Waals surface area (Å²) in [6, 6.07) is 0. The Labute approximate surface area is 106 Å². The number of aromatic amines is 1. The standard InChI is InChI=1S/C12H9F2N3O2/c13-7-2-1-3-9(14)8(4-7)12(19)16-10-5-15-17-11(10)6-18/h1-6,8H,(H,15,17)(H,16,19). The topological polar surface area (TPSA) is 74.8 Å². The lowest BCUT2D eigenvalue weighted by atomic mass is 10.1. The van der Waals surface area contributed by atoms with Crippen LogP contribution >= 0.6 is 0 Å². The number of aromatic nitrogens is 2. The largest absolute Gasteiger partial charge is 0.322 e. The number of rotatable bonds is 3. The van der Waals surface area contributed by atoms with Crippen molar-refractivity contribution in [2.24, 2.45) is 5.92 Å². The van der Waals surface area contributed by atoms with E-state index in [0.29, 0.717) is 6.29 Å². The van der Waals surface area contributed by atoms with E-state index in [2.05, 4.69) is 15.5 Å². The van der Waals surface area contributed by atoms with Crippen molar-refractivity contribution < 1.29 is 18.4 Å². The van der Waals surface area contributed by atoms with Crippen molar-refractivity contribution >= 4 is 17.9 Å². The van der Waals surface area contributed by atoms with E-state index in [9.17, 15) is 18.4 Å². The van der Waals surface area contributed by atoms with E-state index < -0.39 is 23.5 Å². The molecule has 1 aromatic rings. The summed E-state index contributed by atoms with van der Waals surface area (Å²) >= 11 is 0. The van der Waals surface area contributed by atoms with Crippen LogP contribution in [0.2, 0.25) is 0 Å². The Balaban J connectivity index is 2.20. The van der Waals surface area contributed by atoms with Crippen molar-refractivity contribution in [3.8, 4) is 0 Å². The first-order chi connectivity index (χ1) is 9.11. The third kappa shape index (κ3) is 2.82. The number of halogens is 2. The highest BCUT2D eigenvalue weighted by atomic mass is 19.1. The van der Waals surface area contributed by atoms with Crippen molar-refractivity contribution in [2.45, 2.75) is 0 Å². The van der Waals surface area contributed by atoms with Gasteiger partial charge in [0.25, 0.3) is 0 Å². The molecule has 1 heterocycles. The minimum atomic E-state index is -1.38. The Morgan fingerprint density at radius 1 is 1.47 bits per heavy atom. The summed E-state index contributed by atoms with van der Waals surface area (Å²) in [6.45, 7) is 0. The summed E-state index contributed by atoms with van der Waals surface area (Å²) < 4.78 is 26.8. The predicted molar refractivity (Wildman–Crippen MR) is 63.6 cm³/mol. The second-order valence-electron chi connectivity index (χ2n) is 3.74. The summed E-state index contributed by atoms with van der Waals surface area (Å²) in [5.74, 6) is -3.69. The van der Waals surface area contributed by atoms with Crippen LogP contribution in [-0.2, 0) is 4.79 Å². The molecule has 1 atom stereocenters. The number of carbonyl (C=O) groups excluding carboxylic acids is 2. The maximum absolute atomic E-state index is 13.6. The number of amides is 1. The summed E-state index contributed by atoms with van der Waals surface area (Å²) in [6.07, 6.45) is 5.73. The zero-order valence-corrected chi connectivity index (χ0v) is 9.56. The molecule has 0 fully saturated rings. The van der Waals surface area contributed by atoms with Gasteiger partial charge >= 0.3 is 0 Å². The molecule has 1 unspecified atom stereocenters. The molecule has 1 amide bonds. The summed E-state index contributed by atoms with van der Waals surface area (Å²) in [5, 5.41) is 8.22. The zero-order valence-electron chi connectivity index (χ0n) is 9.56. The van der Waals surface area contributed by atoms with E-state index in [1.54, 1.807) is 0 Å². The Morgan fingerprint density at radius 3 is 3.00 bits per heavy atom. The molecular weight excluding hydrogens is 256 g/mol. The Kier molecular flexibility index (Phi) is 3.65. The van der Waals surface area contributed by atoms with Crippen LogP contribution in [0.15, 0.2) is 42.2 Å². The minimum Gasteiger partial charge on any atom is -0.322 e. The molecular formula is C12H9F2N3O2. The van der Waals surface area contributed by atoms with Gasteiger partial charge in [0.2, 0.25) is 5.91 Å². The molecule has 1 aliphatic carbocycles. The van der Waals surface area contributed by atoms with E-state index in [-0.39, 0.29) is 11.4 Å². The lowest BCUT2D eigenvalue weighted by Crippen LogP contribution is -2.22. The van der Waals surface area contributed by atoms with Gasteiger partial charge in [-0.3, -0.25) is 14.7 Å². The lowest BCUT2D eigenvalue weighted by molar-refractivity contribution is -0.118. The SMILES string of the molecule is O=Cc1[nH]ncc1NC(=O)C1C=C(F)C=CC=C1F. The number of hydrogen-bond donors (Lipinski definition) is 2. The molecule has 2 rings (SSSR count). The van der Waals surface area contributed by atoms with E-state index in [0.717, 1.165) is 18.2 Å². The second-order valence-corrected chi connectivity index (χ2v) is 3.74. The molecule has 7 heteroatoms. The molecule has 0 radical (unpaired) electrons. The average Bonchev–Trinajstić information content (AvgIpc) is 2.75. The van der Waals surface area contributed by atoms with Gasteiger partial charge in [-0.25, -0.2) is 8.78 Å². The summed E-state index contributed by atoms with van der Waals surface area (Å²) in [7, 11) is 0. The second kappa shape index (κ2) is 5.38. The van der Waals surface area contributed by atoms with Crippen molar-refractivity contribution in [3.05, 3.63) is 47.8 Å². The average molecular weight is 265 g/mol. The number of H-pyrrole nitrogens is 1. The maximum Gasteiger partial charge on any atom is 0.238 e. The fraction of sp³-hybridized carbons (Fsp3) is 0.0833. The van der Waals surface area contributed by atoms with Gasteiger partial charge < -0.3 is 5.32 Å². The molecule has 0 saturated carbocycles. The van der Waals surface area contributed by atoms with Gasteiger partial charge in [-0.1, -0.05) is 6.08 Å². The highest BCUT2D eigenvalue weighted by molar-refractivity contribution is 5.98. The lowest BCUT2D eigenvalue weighted by Gasteiger charge is -2.10. The summed E-state index contributed by atoms with van der Waals surface area (Å²) in [4.78, 5) is 22.5. The van der Waals surface area contributed by atoms with Crippen LogP contribution in [0.25, 0.3) is 0 Å². The molecule has 1 aliphatic rings. The number of nitrogens with one attached hydrogen (secondary N) is 2. The van der Waals surface area contributed by atoms with Crippen LogP contribution < -0.4 is 5.32 Å². The van der Waals surface area contributed by atoms with Crippen LogP contribution in [0.3, 0.4) is 0 Å². The van der Waals surface area contributed by atoms with Crippen LogP contribution in [0.5, 0.6) is 0 Å². The monoisotopic (exact) mass is 265 g/mol. The Morgan fingerprint density at radius 2 is 2.26 bits per heavy atom. The molecule has 2 N–H and O–H groups in total. The first-order valence-corrected chi connectivity index (χ1v) is 5.32. The van der Waals surface area contributed by atoms with Gasteiger partial charge in [-0.15, -0.1) is 0 Å². The summed E-state index contributed by atoms with van der Waals surface area (Å²) in [5.41, 5.74) is 0.160. The fourth-order valence-corrected chi connectivity index (χ4v) is 1.53. The minimum absolute atomic E-state index is 0.0499. The first kappa shape index (κ1) is 12.9. The van der Waals surface area contributed by atoms with Crippen molar-refractivity contribution in [1.29, 1.82) is 0 Å². The molecule has 5 nitrogen and oxygen atoms in total. The van der Waals surface area contributed by atoms with Crippen molar-refractivity contribution in [3.63, 3.8) is 0 Å². The predicted octanol–water partition coefficient (Wildman–Crippen LogP) is 2.05. The van der Waals surface area contributed by atoms with Gasteiger partial charge in [0.05, 0.1) is 11.9 Å². The zero-order chi connectivity index (χ0) is 13.8. The highest BCUT2D eigenvalue weighted by Crippen LogP contribution is 2.23. The molecule has 1 aromatic heterocycles. The van der Waals surface area contributed by atoms with E-state index >= 15 is 0 Å². The van der Waals surface area contributed by atoms with Gasteiger partial charge in [-0.05, 0) is 18.2 Å². The molecule has 0 aromatic carbocycles. The fourth-order valence-electron chi connectivity index (χ4n) is 1.53. The molecule has 0 spiro atoms. The van der Waals surface area contributed by atoms with Gasteiger partial charge in [-0.2, -0.15) is 5.10 Å². The van der Waals surface area contributed by atoms with E-state index in [4.69, 9.17) is 0 Å². The number of carbonyl (C=O) groups is 2. The Hall–Kier alpha value is -2.57. The normalized spacial score (nSPS) is 18.3. The number of allylic oxidation sites excluding steroid dienone is 4. The van der Waals surface area contributed by atoms with Gasteiger partial charge in [0.15, 0.2) is 6.29 Å². The number of anilines is 1. The molecule has 98 valence electrons. The third-order valence-electron chi connectivity index (χ3n) is 2.46. The Bertz CT molecular complexity index is 602. The molecule has 0 aliphatic heterocycles. The van der Waals surface area contributed by atoms with Crippen molar-refractivity contribution in [2.75, 3.05) is 5.32 Å². The first-order valence-electron chi connectivity index (χ1n) is 5.32. The van der Waals surface area contributed by atoms with Crippen LogP contribution in [-0.4, -0.2) is 22.4 Å². The molecule has 0 saturated heterocycles. The van der Waals surface area contributed by atoms with Crippen LogP contribution in [0.4, 0.5) is 14.5 Å².